The second kappa shape index (κ2) is 9.36. The Balaban J connectivity index is 2.14. The van der Waals surface area contributed by atoms with Crippen LogP contribution >= 0.6 is 11.6 Å². The topological polar surface area (TPSA) is 35.5 Å². The fourth-order valence-corrected chi connectivity index (χ4v) is 3.49. The van der Waals surface area contributed by atoms with E-state index in [2.05, 4.69) is 40.7 Å². The van der Waals surface area contributed by atoms with Crippen molar-refractivity contribution in [3.63, 3.8) is 0 Å². The van der Waals surface area contributed by atoms with Gasteiger partial charge in [0.25, 0.3) is 0 Å². The molecule has 4 heteroatoms. The summed E-state index contributed by atoms with van der Waals surface area (Å²) >= 11 is 5.95. The fourth-order valence-electron chi connectivity index (χ4n) is 3.37. The predicted molar refractivity (Wildman–Crippen MR) is 123 cm³/mol. The largest absolute Gasteiger partial charge is 0.493 e. The van der Waals surface area contributed by atoms with E-state index in [-0.39, 0.29) is 0 Å². The second-order valence-corrected chi connectivity index (χ2v) is 7.94. The van der Waals surface area contributed by atoms with Crippen LogP contribution in [0.15, 0.2) is 48.5 Å². The number of ether oxygens (including phenoxy) is 2. The molecule has 0 saturated heterocycles. The lowest BCUT2D eigenvalue weighted by molar-refractivity contribution is 0.0735. The molecule has 0 atom stereocenters. The van der Waals surface area contributed by atoms with Crippen LogP contribution in [0.3, 0.4) is 0 Å². The summed E-state index contributed by atoms with van der Waals surface area (Å²) < 4.78 is 12.0. The monoisotopic (exact) mass is 422 g/mol. The van der Waals surface area contributed by atoms with Crippen LogP contribution in [0.1, 0.15) is 46.0 Å². The van der Waals surface area contributed by atoms with Gasteiger partial charge < -0.3 is 9.47 Å². The molecule has 0 amide bonds. The Kier molecular flexibility index (Phi) is 6.84. The molecule has 0 N–H and O–H groups in total. The fraction of sp³-hybridized carbons (Fsp3) is 0.269. The van der Waals surface area contributed by atoms with Crippen LogP contribution in [-0.2, 0) is 0 Å². The van der Waals surface area contributed by atoms with Gasteiger partial charge in [-0.1, -0.05) is 30.7 Å². The van der Waals surface area contributed by atoms with Gasteiger partial charge in [0.2, 0.25) is 0 Å². The number of benzene rings is 3. The first-order valence-electron chi connectivity index (χ1n) is 10.1. The molecular weight excluding hydrogens is 396 g/mol. The Bertz CT molecular complexity index is 1070. The SMILES string of the molecule is CCCOc1ccc(C)c(C)c1-c1c(OC(=O)c2ccc(Cl)cc2)ccc(C)c1C. The van der Waals surface area contributed by atoms with E-state index in [1.807, 2.05) is 18.2 Å². The van der Waals surface area contributed by atoms with Gasteiger partial charge in [-0.15, -0.1) is 0 Å². The highest BCUT2D eigenvalue weighted by molar-refractivity contribution is 6.30. The van der Waals surface area contributed by atoms with Crippen LogP contribution in [-0.4, -0.2) is 12.6 Å². The maximum Gasteiger partial charge on any atom is 0.343 e. The molecule has 0 aromatic heterocycles. The highest BCUT2D eigenvalue weighted by Crippen LogP contribution is 2.43. The Morgan fingerprint density at radius 2 is 1.33 bits per heavy atom. The van der Waals surface area contributed by atoms with Crippen molar-refractivity contribution >= 4 is 17.6 Å². The molecule has 30 heavy (non-hydrogen) atoms. The zero-order valence-electron chi connectivity index (χ0n) is 18.1. The summed E-state index contributed by atoms with van der Waals surface area (Å²) in [5, 5.41) is 0.575. The summed E-state index contributed by atoms with van der Waals surface area (Å²) in [4.78, 5) is 12.8. The third-order valence-electron chi connectivity index (χ3n) is 5.39. The molecule has 0 bridgehead atoms. The van der Waals surface area contributed by atoms with Gasteiger partial charge in [-0.3, -0.25) is 0 Å². The number of hydrogen-bond donors (Lipinski definition) is 0. The molecule has 0 heterocycles. The highest BCUT2D eigenvalue weighted by atomic mass is 35.5. The van der Waals surface area contributed by atoms with Gasteiger partial charge in [0, 0.05) is 16.1 Å². The van der Waals surface area contributed by atoms with E-state index in [4.69, 9.17) is 21.1 Å². The third-order valence-corrected chi connectivity index (χ3v) is 5.64. The van der Waals surface area contributed by atoms with Gasteiger partial charge in [0.1, 0.15) is 11.5 Å². The molecule has 3 rings (SSSR count). The molecule has 3 aromatic carbocycles. The average Bonchev–Trinajstić information content (AvgIpc) is 2.73. The van der Waals surface area contributed by atoms with E-state index < -0.39 is 5.97 Å². The summed E-state index contributed by atoms with van der Waals surface area (Å²) in [5.74, 6) is 0.906. The van der Waals surface area contributed by atoms with Gasteiger partial charge in [-0.2, -0.15) is 0 Å². The Labute approximate surface area is 183 Å². The van der Waals surface area contributed by atoms with Gasteiger partial charge in [-0.25, -0.2) is 4.79 Å². The van der Waals surface area contributed by atoms with E-state index in [0.29, 0.717) is 22.9 Å². The number of esters is 1. The van der Waals surface area contributed by atoms with E-state index in [9.17, 15) is 4.79 Å². The first kappa shape index (κ1) is 21.9. The van der Waals surface area contributed by atoms with Crippen molar-refractivity contribution < 1.29 is 14.3 Å². The zero-order valence-corrected chi connectivity index (χ0v) is 18.9. The summed E-state index contributed by atoms with van der Waals surface area (Å²) in [6, 6.07) is 14.6. The predicted octanol–water partition coefficient (Wildman–Crippen LogP) is 7.25. The van der Waals surface area contributed by atoms with Crippen LogP contribution in [0.4, 0.5) is 0 Å². The number of carbonyl (C=O) groups is 1. The number of rotatable bonds is 6. The lowest BCUT2D eigenvalue weighted by Crippen LogP contribution is -2.10. The minimum Gasteiger partial charge on any atom is -0.493 e. The minimum absolute atomic E-state index is 0.419. The molecule has 0 saturated carbocycles. The molecule has 0 aliphatic carbocycles. The molecule has 3 nitrogen and oxygen atoms in total. The number of aryl methyl sites for hydroxylation is 2. The first-order chi connectivity index (χ1) is 14.3. The standard InChI is InChI=1S/C26H27ClO3/c1-6-15-29-22-13-7-16(2)18(4)24(22)25-19(5)17(3)8-14-23(25)30-26(28)20-9-11-21(27)12-10-20/h7-14H,6,15H2,1-5H3. The third kappa shape index (κ3) is 4.52. The maximum atomic E-state index is 12.8. The van der Waals surface area contributed by atoms with E-state index in [0.717, 1.165) is 45.6 Å². The number of halogens is 1. The molecule has 0 spiro atoms. The molecule has 0 aliphatic rings. The van der Waals surface area contributed by atoms with Crippen molar-refractivity contribution in [2.45, 2.75) is 41.0 Å². The first-order valence-corrected chi connectivity index (χ1v) is 10.5. The Hall–Kier alpha value is -2.78. The van der Waals surface area contributed by atoms with Crippen molar-refractivity contribution in [3.8, 4) is 22.6 Å². The average molecular weight is 423 g/mol. The second-order valence-electron chi connectivity index (χ2n) is 7.51. The van der Waals surface area contributed by atoms with Crippen LogP contribution in [0.25, 0.3) is 11.1 Å². The van der Waals surface area contributed by atoms with E-state index in [1.165, 1.54) is 0 Å². The molecule has 0 radical (unpaired) electrons. The lowest BCUT2D eigenvalue weighted by atomic mass is 9.90. The van der Waals surface area contributed by atoms with Crippen molar-refractivity contribution in [1.82, 2.24) is 0 Å². The number of hydrogen-bond acceptors (Lipinski definition) is 3. The summed E-state index contributed by atoms with van der Waals surface area (Å²) in [6.45, 7) is 11.0. The quantitative estimate of drug-likeness (QED) is 0.310. The minimum atomic E-state index is -0.419. The van der Waals surface area contributed by atoms with Crippen LogP contribution in [0.5, 0.6) is 11.5 Å². The Morgan fingerprint density at radius 1 is 0.800 bits per heavy atom. The van der Waals surface area contributed by atoms with Gasteiger partial charge in [0.15, 0.2) is 0 Å². The summed E-state index contributed by atoms with van der Waals surface area (Å²) in [5.41, 5.74) is 6.77. The summed E-state index contributed by atoms with van der Waals surface area (Å²) in [7, 11) is 0. The molecule has 0 aliphatic heterocycles. The van der Waals surface area contributed by atoms with Crippen molar-refractivity contribution in [1.29, 1.82) is 0 Å². The van der Waals surface area contributed by atoms with E-state index in [1.54, 1.807) is 24.3 Å². The smallest absolute Gasteiger partial charge is 0.343 e. The van der Waals surface area contributed by atoms with E-state index >= 15 is 0 Å². The summed E-state index contributed by atoms with van der Waals surface area (Å²) in [6.07, 6.45) is 0.914. The lowest BCUT2D eigenvalue weighted by Gasteiger charge is -2.21. The highest BCUT2D eigenvalue weighted by Gasteiger charge is 2.21. The van der Waals surface area contributed by atoms with Gasteiger partial charge in [-0.05, 0) is 92.8 Å². The van der Waals surface area contributed by atoms with Crippen LogP contribution in [0.2, 0.25) is 5.02 Å². The molecule has 0 unspecified atom stereocenters. The van der Waals surface area contributed by atoms with Crippen LogP contribution < -0.4 is 9.47 Å². The van der Waals surface area contributed by atoms with Crippen LogP contribution in [0, 0.1) is 27.7 Å². The normalized spacial score (nSPS) is 10.7. The van der Waals surface area contributed by atoms with Crippen molar-refractivity contribution in [2.24, 2.45) is 0 Å². The van der Waals surface area contributed by atoms with Crippen molar-refractivity contribution in [3.05, 3.63) is 81.4 Å². The van der Waals surface area contributed by atoms with Crippen molar-refractivity contribution in [2.75, 3.05) is 6.61 Å². The zero-order chi connectivity index (χ0) is 21.8. The number of carbonyl (C=O) groups excluding carboxylic acids is 1. The Morgan fingerprint density at radius 3 is 1.90 bits per heavy atom. The molecule has 0 fully saturated rings. The molecule has 156 valence electrons. The van der Waals surface area contributed by atoms with Gasteiger partial charge >= 0.3 is 5.97 Å². The molecule has 3 aromatic rings. The van der Waals surface area contributed by atoms with Gasteiger partial charge in [0.05, 0.1) is 12.2 Å². The maximum absolute atomic E-state index is 12.8. The molecular formula is C26H27ClO3.